The van der Waals surface area contributed by atoms with E-state index < -0.39 is 0 Å². The van der Waals surface area contributed by atoms with Crippen LogP contribution in [0, 0.1) is 0 Å². The first kappa shape index (κ1) is 11.4. The monoisotopic (exact) mass is 230 g/mol. The molecule has 1 atom stereocenters. The maximum absolute atomic E-state index is 11.0. The van der Waals surface area contributed by atoms with Crippen molar-refractivity contribution in [2.75, 3.05) is 0 Å². The second kappa shape index (κ2) is 4.86. The second-order valence-electron chi connectivity index (χ2n) is 3.88. The van der Waals surface area contributed by atoms with Crippen molar-refractivity contribution in [2.24, 2.45) is 0 Å². The first-order valence-electron chi connectivity index (χ1n) is 5.57. The fourth-order valence-electron chi connectivity index (χ4n) is 1.53. The normalized spacial score (nSPS) is 12.4. The summed E-state index contributed by atoms with van der Waals surface area (Å²) in [6, 6.07) is 0.263. The summed E-state index contributed by atoms with van der Waals surface area (Å²) in [5, 5.41) is 4.40. The van der Waals surface area contributed by atoms with Gasteiger partial charge >= 0.3 is 0 Å². The minimum atomic E-state index is 0.263. The summed E-state index contributed by atoms with van der Waals surface area (Å²) < 4.78 is 1.80. The van der Waals surface area contributed by atoms with E-state index in [1.807, 2.05) is 0 Å². The fourth-order valence-corrected chi connectivity index (χ4v) is 1.53. The molecule has 0 fully saturated rings. The first-order valence-corrected chi connectivity index (χ1v) is 5.57. The van der Waals surface area contributed by atoms with Gasteiger partial charge in [-0.3, -0.25) is 19.4 Å². The Labute approximate surface area is 99.5 Å². The van der Waals surface area contributed by atoms with Gasteiger partial charge in [-0.2, -0.15) is 5.10 Å². The van der Waals surface area contributed by atoms with Gasteiger partial charge in [0, 0.05) is 24.6 Å². The Morgan fingerprint density at radius 3 is 2.88 bits per heavy atom. The molecule has 88 valence electrons. The van der Waals surface area contributed by atoms with Crippen LogP contribution in [0.2, 0.25) is 0 Å². The van der Waals surface area contributed by atoms with Crippen LogP contribution in [0.5, 0.6) is 0 Å². The summed E-state index contributed by atoms with van der Waals surface area (Å²) in [6.45, 7) is 4.14. The molecule has 5 heteroatoms. The standard InChI is InChI=1S/C12H14N4O/c1-3-9(2)16-7-10(8-17)12(15-16)11-6-13-4-5-14-11/h4-9H,3H2,1-2H3. The summed E-state index contributed by atoms with van der Waals surface area (Å²) in [6.07, 6.45) is 8.30. The molecule has 0 N–H and O–H groups in total. The van der Waals surface area contributed by atoms with Gasteiger partial charge in [0.15, 0.2) is 6.29 Å². The lowest BCUT2D eigenvalue weighted by Crippen LogP contribution is -2.04. The number of aromatic nitrogens is 4. The van der Waals surface area contributed by atoms with Crippen LogP contribution in [-0.4, -0.2) is 26.0 Å². The topological polar surface area (TPSA) is 60.7 Å². The van der Waals surface area contributed by atoms with Gasteiger partial charge in [0.2, 0.25) is 0 Å². The van der Waals surface area contributed by atoms with Crippen molar-refractivity contribution in [1.82, 2.24) is 19.7 Å². The van der Waals surface area contributed by atoms with Crippen LogP contribution < -0.4 is 0 Å². The van der Waals surface area contributed by atoms with Gasteiger partial charge in [-0.1, -0.05) is 6.92 Å². The predicted molar refractivity (Wildman–Crippen MR) is 63.6 cm³/mol. The van der Waals surface area contributed by atoms with E-state index >= 15 is 0 Å². The molecule has 0 bridgehead atoms. The molecule has 0 amide bonds. The van der Waals surface area contributed by atoms with Gasteiger partial charge in [-0.05, 0) is 13.3 Å². The van der Waals surface area contributed by atoms with Gasteiger partial charge in [0.1, 0.15) is 11.4 Å². The van der Waals surface area contributed by atoms with Crippen LogP contribution in [0.1, 0.15) is 36.7 Å². The molecule has 0 saturated heterocycles. The van der Waals surface area contributed by atoms with Crippen molar-refractivity contribution in [3.8, 4) is 11.4 Å². The fraction of sp³-hybridized carbons (Fsp3) is 0.333. The number of hydrogen-bond acceptors (Lipinski definition) is 4. The zero-order valence-corrected chi connectivity index (χ0v) is 9.87. The lowest BCUT2D eigenvalue weighted by atomic mass is 10.2. The molecule has 2 rings (SSSR count). The molecule has 17 heavy (non-hydrogen) atoms. The summed E-state index contributed by atoms with van der Waals surface area (Å²) >= 11 is 0. The van der Waals surface area contributed by atoms with Gasteiger partial charge in [-0.15, -0.1) is 0 Å². The molecular weight excluding hydrogens is 216 g/mol. The molecule has 0 aliphatic rings. The molecule has 2 aromatic heterocycles. The molecule has 0 aliphatic carbocycles. The molecule has 2 aromatic rings. The lowest BCUT2D eigenvalue weighted by Gasteiger charge is -2.07. The Kier molecular flexibility index (Phi) is 3.27. The molecule has 5 nitrogen and oxygen atoms in total. The molecule has 0 radical (unpaired) electrons. The highest BCUT2D eigenvalue weighted by atomic mass is 16.1. The molecular formula is C12H14N4O. The number of aldehydes is 1. The van der Waals surface area contributed by atoms with Gasteiger partial charge in [-0.25, -0.2) is 0 Å². The van der Waals surface area contributed by atoms with Crippen molar-refractivity contribution in [1.29, 1.82) is 0 Å². The number of carbonyl (C=O) groups excluding carboxylic acids is 1. The highest BCUT2D eigenvalue weighted by Gasteiger charge is 2.14. The minimum absolute atomic E-state index is 0.263. The average molecular weight is 230 g/mol. The number of hydrogen-bond donors (Lipinski definition) is 0. The largest absolute Gasteiger partial charge is 0.298 e. The lowest BCUT2D eigenvalue weighted by molar-refractivity contribution is 0.112. The van der Waals surface area contributed by atoms with E-state index in [1.165, 1.54) is 0 Å². The Morgan fingerprint density at radius 1 is 1.47 bits per heavy atom. The van der Waals surface area contributed by atoms with Crippen molar-refractivity contribution < 1.29 is 4.79 Å². The van der Waals surface area contributed by atoms with Crippen LogP contribution in [0.25, 0.3) is 11.4 Å². The van der Waals surface area contributed by atoms with Crippen LogP contribution in [0.15, 0.2) is 24.8 Å². The Morgan fingerprint density at radius 2 is 2.29 bits per heavy atom. The third-order valence-electron chi connectivity index (χ3n) is 2.74. The molecule has 0 spiro atoms. The van der Waals surface area contributed by atoms with Gasteiger partial charge < -0.3 is 0 Å². The highest BCUT2D eigenvalue weighted by Crippen LogP contribution is 2.20. The third kappa shape index (κ3) is 2.22. The Balaban J connectivity index is 2.47. The van der Waals surface area contributed by atoms with Crippen molar-refractivity contribution in [3.05, 3.63) is 30.4 Å². The molecule has 1 unspecified atom stereocenters. The van der Waals surface area contributed by atoms with E-state index in [-0.39, 0.29) is 6.04 Å². The van der Waals surface area contributed by atoms with Crippen LogP contribution >= 0.6 is 0 Å². The second-order valence-corrected chi connectivity index (χ2v) is 3.88. The summed E-state index contributed by atoms with van der Waals surface area (Å²) in [5.41, 5.74) is 1.76. The van der Waals surface area contributed by atoms with Crippen LogP contribution in [-0.2, 0) is 0 Å². The van der Waals surface area contributed by atoms with E-state index in [2.05, 4.69) is 28.9 Å². The Bertz CT molecular complexity index is 506. The third-order valence-corrected chi connectivity index (χ3v) is 2.74. The maximum Gasteiger partial charge on any atom is 0.153 e. The van der Waals surface area contributed by atoms with Gasteiger partial charge in [0.05, 0.1) is 11.8 Å². The average Bonchev–Trinajstić information content (AvgIpc) is 2.83. The predicted octanol–water partition coefficient (Wildman–Crippen LogP) is 2.12. The van der Waals surface area contributed by atoms with Crippen molar-refractivity contribution in [2.45, 2.75) is 26.3 Å². The summed E-state index contributed by atoms with van der Waals surface area (Å²) in [4.78, 5) is 19.2. The number of nitrogens with zero attached hydrogens (tertiary/aromatic N) is 4. The Hall–Kier alpha value is -2.04. The molecule has 0 aromatic carbocycles. The van der Waals surface area contributed by atoms with Crippen LogP contribution in [0.4, 0.5) is 0 Å². The highest BCUT2D eigenvalue weighted by molar-refractivity contribution is 5.84. The summed E-state index contributed by atoms with van der Waals surface area (Å²) in [7, 11) is 0. The SMILES string of the molecule is CCC(C)n1cc(C=O)c(-c2cnccn2)n1. The molecule has 0 aliphatic heterocycles. The van der Waals surface area contributed by atoms with E-state index in [0.29, 0.717) is 17.0 Å². The van der Waals surface area contributed by atoms with Crippen molar-refractivity contribution in [3.63, 3.8) is 0 Å². The molecule has 2 heterocycles. The van der Waals surface area contributed by atoms with E-state index in [4.69, 9.17) is 0 Å². The van der Waals surface area contributed by atoms with Crippen molar-refractivity contribution >= 4 is 6.29 Å². The van der Waals surface area contributed by atoms with E-state index in [0.717, 1.165) is 12.7 Å². The zero-order chi connectivity index (χ0) is 12.3. The number of carbonyl (C=O) groups is 1. The van der Waals surface area contributed by atoms with E-state index in [1.54, 1.807) is 29.5 Å². The van der Waals surface area contributed by atoms with Crippen LogP contribution in [0.3, 0.4) is 0 Å². The molecule has 0 saturated carbocycles. The summed E-state index contributed by atoms with van der Waals surface area (Å²) in [5.74, 6) is 0. The van der Waals surface area contributed by atoms with Gasteiger partial charge in [0.25, 0.3) is 0 Å². The quantitative estimate of drug-likeness (QED) is 0.755. The minimum Gasteiger partial charge on any atom is -0.298 e. The maximum atomic E-state index is 11.0. The first-order chi connectivity index (χ1) is 8.26. The number of rotatable bonds is 4. The van der Waals surface area contributed by atoms with E-state index in [9.17, 15) is 4.79 Å². The zero-order valence-electron chi connectivity index (χ0n) is 9.87. The smallest absolute Gasteiger partial charge is 0.153 e.